The van der Waals surface area contributed by atoms with Gasteiger partial charge < -0.3 is 5.73 Å². The highest BCUT2D eigenvalue weighted by molar-refractivity contribution is 9.10. The average Bonchev–Trinajstić information content (AvgIpc) is 2.34. The van der Waals surface area contributed by atoms with E-state index in [1.807, 2.05) is 18.2 Å². The fourth-order valence-electron chi connectivity index (χ4n) is 1.48. The minimum Gasteiger partial charge on any atom is -0.326 e. The molecular formula is C13H10BrF2NS. The van der Waals surface area contributed by atoms with Crippen LogP contribution in [0.5, 0.6) is 0 Å². The summed E-state index contributed by atoms with van der Waals surface area (Å²) >= 11 is 4.60. The van der Waals surface area contributed by atoms with E-state index in [0.717, 1.165) is 21.0 Å². The second-order valence-corrected chi connectivity index (χ2v) is 5.63. The molecule has 0 spiro atoms. The van der Waals surface area contributed by atoms with Gasteiger partial charge in [-0.2, -0.15) is 0 Å². The lowest BCUT2D eigenvalue weighted by Crippen LogP contribution is -1.98. The molecule has 0 radical (unpaired) electrons. The van der Waals surface area contributed by atoms with Crippen LogP contribution in [-0.4, -0.2) is 0 Å². The summed E-state index contributed by atoms with van der Waals surface area (Å²) in [7, 11) is 0. The van der Waals surface area contributed by atoms with Gasteiger partial charge in [-0.15, -0.1) is 0 Å². The monoisotopic (exact) mass is 329 g/mol. The molecule has 0 aromatic heterocycles. The third-order valence-corrected chi connectivity index (χ3v) is 4.02. The van der Waals surface area contributed by atoms with E-state index in [0.29, 0.717) is 11.4 Å². The Morgan fingerprint density at radius 3 is 2.44 bits per heavy atom. The largest absolute Gasteiger partial charge is 0.326 e. The first kappa shape index (κ1) is 13.5. The second-order valence-electron chi connectivity index (χ2n) is 3.63. The van der Waals surface area contributed by atoms with E-state index in [4.69, 9.17) is 5.73 Å². The molecule has 2 aromatic carbocycles. The summed E-state index contributed by atoms with van der Waals surface area (Å²) in [6.07, 6.45) is 0. The molecule has 2 N–H and O–H groups in total. The van der Waals surface area contributed by atoms with Crippen LogP contribution in [0, 0.1) is 11.6 Å². The number of benzene rings is 2. The summed E-state index contributed by atoms with van der Waals surface area (Å²) in [5, 5.41) is 0. The van der Waals surface area contributed by atoms with Crippen LogP contribution < -0.4 is 5.73 Å². The molecule has 0 amide bonds. The van der Waals surface area contributed by atoms with E-state index in [1.165, 1.54) is 23.9 Å². The fraction of sp³-hybridized carbons (Fsp3) is 0.0769. The quantitative estimate of drug-likeness (QED) is 0.906. The van der Waals surface area contributed by atoms with Gasteiger partial charge in [0.15, 0.2) is 0 Å². The van der Waals surface area contributed by atoms with Gasteiger partial charge in [0, 0.05) is 26.9 Å². The summed E-state index contributed by atoms with van der Waals surface area (Å²) in [5.41, 5.74) is 6.56. The van der Waals surface area contributed by atoms with Crippen LogP contribution in [0.2, 0.25) is 0 Å². The van der Waals surface area contributed by atoms with Crippen LogP contribution in [0.15, 0.2) is 50.7 Å². The van der Waals surface area contributed by atoms with E-state index < -0.39 is 11.6 Å². The molecule has 2 aromatic rings. The van der Waals surface area contributed by atoms with Gasteiger partial charge in [-0.3, -0.25) is 0 Å². The first-order valence-electron chi connectivity index (χ1n) is 5.21. The molecule has 5 heteroatoms. The Morgan fingerprint density at radius 2 is 1.78 bits per heavy atom. The Kier molecular flexibility index (Phi) is 4.37. The van der Waals surface area contributed by atoms with Gasteiger partial charge in [-0.25, -0.2) is 8.78 Å². The van der Waals surface area contributed by atoms with Gasteiger partial charge >= 0.3 is 0 Å². The van der Waals surface area contributed by atoms with Gasteiger partial charge in [0.25, 0.3) is 0 Å². The molecule has 1 nitrogen and oxygen atoms in total. The molecule has 0 saturated carbocycles. The minimum atomic E-state index is -0.577. The van der Waals surface area contributed by atoms with E-state index >= 15 is 0 Å². The van der Waals surface area contributed by atoms with E-state index in [9.17, 15) is 8.78 Å². The van der Waals surface area contributed by atoms with Gasteiger partial charge in [0.1, 0.15) is 11.6 Å². The van der Waals surface area contributed by atoms with Crippen LogP contribution in [0.3, 0.4) is 0 Å². The van der Waals surface area contributed by atoms with Crippen molar-refractivity contribution in [1.82, 2.24) is 0 Å². The molecule has 0 aliphatic heterocycles. The van der Waals surface area contributed by atoms with E-state index in [-0.39, 0.29) is 0 Å². The number of hydrogen-bond donors (Lipinski definition) is 1. The van der Waals surface area contributed by atoms with Crippen molar-refractivity contribution in [1.29, 1.82) is 0 Å². The highest BCUT2D eigenvalue weighted by atomic mass is 79.9. The van der Waals surface area contributed by atoms with Crippen molar-refractivity contribution in [2.24, 2.45) is 5.73 Å². The van der Waals surface area contributed by atoms with Crippen molar-refractivity contribution in [2.45, 2.75) is 16.3 Å². The lowest BCUT2D eigenvalue weighted by Gasteiger charge is -2.08. The molecule has 2 rings (SSSR count). The Hall–Kier alpha value is -0.910. The molecule has 0 heterocycles. The zero-order valence-electron chi connectivity index (χ0n) is 9.29. The maximum Gasteiger partial charge on any atom is 0.140 e. The SMILES string of the molecule is NCc1cc(Br)ccc1Sc1ccc(F)cc1F. The zero-order valence-corrected chi connectivity index (χ0v) is 11.7. The van der Waals surface area contributed by atoms with Crippen LogP contribution in [0.4, 0.5) is 8.78 Å². The Balaban J connectivity index is 2.33. The van der Waals surface area contributed by atoms with Crippen molar-refractivity contribution in [3.63, 3.8) is 0 Å². The van der Waals surface area contributed by atoms with Crippen LogP contribution in [-0.2, 0) is 6.54 Å². The van der Waals surface area contributed by atoms with Crippen LogP contribution in [0.1, 0.15) is 5.56 Å². The van der Waals surface area contributed by atoms with Gasteiger partial charge in [-0.1, -0.05) is 27.7 Å². The van der Waals surface area contributed by atoms with Gasteiger partial charge in [0.2, 0.25) is 0 Å². The zero-order chi connectivity index (χ0) is 13.1. The normalized spacial score (nSPS) is 10.7. The first-order valence-corrected chi connectivity index (χ1v) is 6.82. The van der Waals surface area contributed by atoms with Crippen LogP contribution >= 0.6 is 27.7 Å². The predicted molar refractivity (Wildman–Crippen MR) is 72.5 cm³/mol. The number of halogens is 3. The van der Waals surface area contributed by atoms with Crippen molar-refractivity contribution in [3.8, 4) is 0 Å². The topological polar surface area (TPSA) is 26.0 Å². The second kappa shape index (κ2) is 5.82. The Bertz CT molecular complexity index is 575. The minimum absolute atomic E-state index is 0.366. The highest BCUT2D eigenvalue weighted by Crippen LogP contribution is 2.33. The van der Waals surface area contributed by atoms with Crippen molar-refractivity contribution < 1.29 is 8.78 Å². The van der Waals surface area contributed by atoms with Gasteiger partial charge in [0.05, 0.1) is 0 Å². The Morgan fingerprint density at radius 1 is 1.06 bits per heavy atom. The lowest BCUT2D eigenvalue weighted by molar-refractivity contribution is 0.565. The fourth-order valence-corrected chi connectivity index (χ4v) is 2.83. The number of hydrogen-bond acceptors (Lipinski definition) is 2. The molecule has 18 heavy (non-hydrogen) atoms. The third-order valence-electron chi connectivity index (χ3n) is 2.36. The maximum absolute atomic E-state index is 13.5. The highest BCUT2D eigenvalue weighted by Gasteiger charge is 2.09. The molecule has 0 fully saturated rings. The first-order chi connectivity index (χ1) is 8.60. The number of nitrogens with two attached hydrogens (primary N) is 1. The predicted octanol–water partition coefficient (Wildman–Crippen LogP) is 4.34. The van der Waals surface area contributed by atoms with Gasteiger partial charge in [-0.05, 0) is 35.9 Å². The molecule has 0 aliphatic rings. The summed E-state index contributed by atoms with van der Waals surface area (Å²) in [5.74, 6) is -1.14. The summed E-state index contributed by atoms with van der Waals surface area (Å²) < 4.78 is 27.3. The molecule has 0 bridgehead atoms. The molecule has 0 saturated heterocycles. The number of rotatable bonds is 3. The van der Waals surface area contributed by atoms with E-state index in [2.05, 4.69) is 15.9 Å². The maximum atomic E-state index is 13.5. The standard InChI is InChI=1S/C13H10BrF2NS/c14-9-1-3-12(8(5-9)7-17)18-13-4-2-10(15)6-11(13)16/h1-6H,7,17H2. The van der Waals surface area contributed by atoms with Crippen molar-refractivity contribution in [3.05, 3.63) is 58.1 Å². The third kappa shape index (κ3) is 3.10. The average molecular weight is 330 g/mol. The summed E-state index contributed by atoms with van der Waals surface area (Å²) in [4.78, 5) is 1.25. The smallest absolute Gasteiger partial charge is 0.140 e. The molecular weight excluding hydrogens is 320 g/mol. The molecule has 94 valence electrons. The van der Waals surface area contributed by atoms with E-state index in [1.54, 1.807) is 0 Å². The lowest BCUT2D eigenvalue weighted by atomic mass is 10.2. The van der Waals surface area contributed by atoms with Crippen LogP contribution in [0.25, 0.3) is 0 Å². The summed E-state index contributed by atoms with van der Waals surface area (Å²) in [6, 6.07) is 9.17. The van der Waals surface area contributed by atoms with Crippen molar-refractivity contribution in [2.75, 3.05) is 0 Å². The summed E-state index contributed by atoms with van der Waals surface area (Å²) in [6.45, 7) is 0.366. The molecule has 0 atom stereocenters. The Labute approximate surface area is 117 Å². The van der Waals surface area contributed by atoms with Crippen molar-refractivity contribution >= 4 is 27.7 Å². The molecule has 0 unspecified atom stereocenters. The molecule has 0 aliphatic carbocycles.